The zero-order chi connectivity index (χ0) is 6.27. The van der Waals surface area contributed by atoms with Crippen molar-refractivity contribution >= 4 is 0 Å². The molecule has 0 bridgehead atoms. The van der Waals surface area contributed by atoms with Crippen molar-refractivity contribution in [2.24, 2.45) is 17.6 Å². The van der Waals surface area contributed by atoms with E-state index in [0.29, 0.717) is 6.04 Å². The first-order valence-electron chi connectivity index (χ1n) is 3.84. The molecule has 0 aromatic carbocycles. The molecule has 52 valence electrons. The first-order valence-corrected chi connectivity index (χ1v) is 3.84. The van der Waals surface area contributed by atoms with Crippen LogP contribution in [0, 0.1) is 11.8 Å². The minimum atomic E-state index is 0.505. The van der Waals surface area contributed by atoms with Crippen molar-refractivity contribution in [2.75, 3.05) is 13.1 Å². The predicted octanol–water partition coefficient (Wildman–Crippen LogP) is -0.0569. The molecule has 0 aromatic heterocycles. The van der Waals surface area contributed by atoms with Crippen LogP contribution in [-0.2, 0) is 0 Å². The van der Waals surface area contributed by atoms with Gasteiger partial charge in [-0.25, -0.2) is 0 Å². The van der Waals surface area contributed by atoms with Gasteiger partial charge in [-0.05, 0) is 37.8 Å². The summed E-state index contributed by atoms with van der Waals surface area (Å²) in [6.45, 7) is 2.39. The summed E-state index contributed by atoms with van der Waals surface area (Å²) in [6.07, 6.45) is 2.62. The molecule has 2 nitrogen and oxygen atoms in total. The number of hydrogen-bond acceptors (Lipinski definition) is 2. The second-order valence-electron chi connectivity index (χ2n) is 3.32. The van der Waals surface area contributed by atoms with Gasteiger partial charge in [-0.15, -0.1) is 0 Å². The summed E-state index contributed by atoms with van der Waals surface area (Å²) in [5, 5.41) is 3.37. The molecule has 0 radical (unpaired) electrons. The Hall–Kier alpha value is -0.0800. The maximum Gasteiger partial charge on any atom is 0.00825 e. The molecule has 0 spiro atoms. The number of nitrogens with one attached hydrogen (secondary N) is 1. The number of hydrogen-bond donors (Lipinski definition) is 2. The van der Waals surface area contributed by atoms with E-state index in [2.05, 4.69) is 5.32 Å². The lowest BCUT2D eigenvalue weighted by Gasteiger charge is -2.10. The zero-order valence-corrected chi connectivity index (χ0v) is 5.64. The van der Waals surface area contributed by atoms with E-state index in [4.69, 9.17) is 5.73 Å². The molecular formula is C7H14N2. The quantitative estimate of drug-likeness (QED) is 0.477. The van der Waals surface area contributed by atoms with Crippen LogP contribution in [-0.4, -0.2) is 19.1 Å². The molecule has 2 aliphatic rings. The highest BCUT2D eigenvalue weighted by Gasteiger charge is 2.36. The molecule has 1 heterocycles. The monoisotopic (exact) mass is 126 g/mol. The molecule has 0 amide bonds. The highest BCUT2D eigenvalue weighted by atomic mass is 14.9. The fourth-order valence-corrected chi connectivity index (χ4v) is 2.19. The second kappa shape index (κ2) is 1.96. The lowest BCUT2D eigenvalue weighted by molar-refractivity contribution is 0.453. The van der Waals surface area contributed by atoms with Crippen molar-refractivity contribution in [3.05, 3.63) is 0 Å². The molecule has 1 aliphatic carbocycles. The molecule has 3 N–H and O–H groups in total. The van der Waals surface area contributed by atoms with Crippen molar-refractivity contribution in [1.29, 1.82) is 0 Å². The van der Waals surface area contributed by atoms with Gasteiger partial charge >= 0.3 is 0 Å². The maximum atomic E-state index is 5.88. The lowest BCUT2D eigenvalue weighted by Crippen LogP contribution is -2.28. The third-order valence-corrected chi connectivity index (χ3v) is 2.81. The molecule has 1 aliphatic heterocycles. The van der Waals surface area contributed by atoms with E-state index >= 15 is 0 Å². The number of rotatable bonds is 0. The van der Waals surface area contributed by atoms with Crippen LogP contribution in [0.15, 0.2) is 0 Å². The van der Waals surface area contributed by atoms with Crippen LogP contribution in [0.5, 0.6) is 0 Å². The summed E-state index contributed by atoms with van der Waals surface area (Å²) in [4.78, 5) is 0. The van der Waals surface area contributed by atoms with Crippen molar-refractivity contribution in [1.82, 2.24) is 5.32 Å². The predicted molar refractivity (Wildman–Crippen MR) is 37.1 cm³/mol. The molecule has 1 saturated heterocycles. The Morgan fingerprint density at radius 1 is 1.22 bits per heavy atom. The number of fused-ring (bicyclic) bond motifs is 1. The van der Waals surface area contributed by atoms with E-state index in [1.54, 1.807) is 0 Å². The molecule has 2 fully saturated rings. The minimum Gasteiger partial charge on any atom is -0.327 e. The van der Waals surface area contributed by atoms with Crippen LogP contribution in [0.1, 0.15) is 12.8 Å². The first kappa shape index (κ1) is 5.69. The Balaban J connectivity index is 2.07. The highest BCUT2D eigenvalue weighted by Crippen LogP contribution is 2.32. The van der Waals surface area contributed by atoms with E-state index < -0.39 is 0 Å². The van der Waals surface area contributed by atoms with Gasteiger partial charge in [0.25, 0.3) is 0 Å². The summed E-state index contributed by atoms with van der Waals surface area (Å²) in [6, 6.07) is 0.505. The Morgan fingerprint density at radius 3 is 2.89 bits per heavy atom. The van der Waals surface area contributed by atoms with E-state index in [1.165, 1.54) is 25.9 Å². The van der Waals surface area contributed by atoms with Crippen molar-refractivity contribution in [2.45, 2.75) is 18.9 Å². The number of nitrogens with two attached hydrogens (primary N) is 1. The van der Waals surface area contributed by atoms with Gasteiger partial charge in [0.05, 0.1) is 0 Å². The van der Waals surface area contributed by atoms with Gasteiger partial charge in [0.1, 0.15) is 0 Å². The van der Waals surface area contributed by atoms with E-state index in [9.17, 15) is 0 Å². The topological polar surface area (TPSA) is 38.0 Å². The van der Waals surface area contributed by atoms with Gasteiger partial charge in [-0.2, -0.15) is 0 Å². The molecule has 3 atom stereocenters. The van der Waals surface area contributed by atoms with Crippen molar-refractivity contribution in [3.63, 3.8) is 0 Å². The summed E-state index contributed by atoms with van der Waals surface area (Å²) in [5.74, 6) is 1.73. The summed E-state index contributed by atoms with van der Waals surface area (Å²) in [7, 11) is 0. The fraction of sp³-hybridized carbons (Fsp3) is 1.00. The Bertz CT molecular complexity index is 113. The molecule has 9 heavy (non-hydrogen) atoms. The lowest BCUT2D eigenvalue weighted by atomic mass is 9.98. The van der Waals surface area contributed by atoms with Crippen LogP contribution in [0.4, 0.5) is 0 Å². The molecular weight excluding hydrogens is 112 g/mol. The Kier molecular flexibility index (Phi) is 1.24. The van der Waals surface area contributed by atoms with Crippen LogP contribution < -0.4 is 11.1 Å². The van der Waals surface area contributed by atoms with Crippen molar-refractivity contribution < 1.29 is 0 Å². The molecule has 2 unspecified atom stereocenters. The van der Waals surface area contributed by atoms with Gasteiger partial charge < -0.3 is 11.1 Å². The maximum absolute atomic E-state index is 5.88. The zero-order valence-electron chi connectivity index (χ0n) is 5.64. The second-order valence-corrected chi connectivity index (χ2v) is 3.32. The van der Waals surface area contributed by atoms with Gasteiger partial charge in [0.2, 0.25) is 0 Å². The Labute approximate surface area is 55.8 Å². The van der Waals surface area contributed by atoms with E-state index in [0.717, 1.165) is 11.8 Å². The molecule has 2 heteroatoms. The fourth-order valence-electron chi connectivity index (χ4n) is 2.19. The van der Waals surface area contributed by atoms with Crippen LogP contribution in [0.25, 0.3) is 0 Å². The normalized spacial score (nSPS) is 49.7. The standard InChI is InChI=1S/C7H14N2/c8-7-2-1-5-3-9-4-6(5)7/h5-7,9H,1-4,8H2/t5-,6?,7?/m1/s1. The SMILES string of the molecule is NC1CC[C@@H]2CNCC12. The van der Waals surface area contributed by atoms with Crippen LogP contribution >= 0.6 is 0 Å². The average Bonchev–Trinajstić information content (AvgIpc) is 2.35. The van der Waals surface area contributed by atoms with E-state index in [-0.39, 0.29) is 0 Å². The van der Waals surface area contributed by atoms with Crippen molar-refractivity contribution in [3.8, 4) is 0 Å². The Morgan fingerprint density at radius 2 is 2.11 bits per heavy atom. The highest BCUT2D eigenvalue weighted by molar-refractivity contribution is 4.93. The van der Waals surface area contributed by atoms with Crippen LogP contribution in [0.2, 0.25) is 0 Å². The van der Waals surface area contributed by atoms with Crippen LogP contribution in [0.3, 0.4) is 0 Å². The molecule has 0 aromatic rings. The van der Waals surface area contributed by atoms with Gasteiger partial charge in [0, 0.05) is 6.04 Å². The average molecular weight is 126 g/mol. The summed E-state index contributed by atoms with van der Waals surface area (Å²) >= 11 is 0. The molecule has 1 saturated carbocycles. The van der Waals surface area contributed by atoms with Gasteiger partial charge in [-0.1, -0.05) is 0 Å². The summed E-state index contributed by atoms with van der Waals surface area (Å²) in [5.41, 5.74) is 5.88. The minimum absolute atomic E-state index is 0.505. The summed E-state index contributed by atoms with van der Waals surface area (Å²) < 4.78 is 0. The third-order valence-electron chi connectivity index (χ3n) is 2.81. The molecule has 2 rings (SSSR count). The van der Waals surface area contributed by atoms with E-state index in [1.807, 2.05) is 0 Å². The largest absolute Gasteiger partial charge is 0.327 e. The van der Waals surface area contributed by atoms with Gasteiger partial charge in [-0.3, -0.25) is 0 Å². The third kappa shape index (κ3) is 0.775. The first-order chi connectivity index (χ1) is 4.38. The smallest absolute Gasteiger partial charge is 0.00825 e. The van der Waals surface area contributed by atoms with Gasteiger partial charge in [0.15, 0.2) is 0 Å².